The van der Waals surface area contributed by atoms with Crippen LogP contribution in [0.25, 0.3) is 10.2 Å². The number of benzene rings is 1. The fraction of sp³-hybridized carbons (Fsp3) is 0.368. The number of hydrogen-bond donors (Lipinski definition) is 1. The Morgan fingerprint density at radius 1 is 1.24 bits per heavy atom. The van der Waals surface area contributed by atoms with E-state index in [0.29, 0.717) is 22.0 Å². The molecule has 0 saturated heterocycles. The van der Waals surface area contributed by atoms with E-state index >= 15 is 0 Å². The van der Waals surface area contributed by atoms with E-state index in [0.717, 1.165) is 11.3 Å². The maximum atomic E-state index is 14.7. The smallest absolute Gasteiger partial charge is 0.274 e. The number of aromatic nitrogens is 3. The first-order chi connectivity index (χ1) is 13.9. The van der Waals surface area contributed by atoms with Gasteiger partial charge in [0, 0.05) is 6.92 Å². The zero-order chi connectivity index (χ0) is 21.0. The van der Waals surface area contributed by atoms with E-state index in [9.17, 15) is 9.18 Å². The number of thiazole rings is 1. The van der Waals surface area contributed by atoms with Gasteiger partial charge in [0.2, 0.25) is 17.7 Å². The van der Waals surface area contributed by atoms with Crippen LogP contribution in [0.1, 0.15) is 27.7 Å². The van der Waals surface area contributed by atoms with Gasteiger partial charge in [-0.05, 0) is 32.9 Å². The van der Waals surface area contributed by atoms with Crippen molar-refractivity contribution < 1.29 is 23.4 Å². The van der Waals surface area contributed by atoms with Gasteiger partial charge in [-0.3, -0.25) is 4.79 Å². The molecule has 8 nitrogen and oxygen atoms in total. The topological polar surface area (TPSA) is 95.5 Å². The van der Waals surface area contributed by atoms with Crippen LogP contribution in [0.5, 0.6) is 22.7 Å². The molecule has 2 aromatic heterocycles. The molecular formula is C19H21FN4O4S. The molecule has 0 aliphatic carbocycles. The van der Waals surface area contributed by atoms with Crippen molar-refractivity contribution in [3.8, 4) is 22.7 Å². The molecule has 2 heterocycles. The molecule has 1 amide bonds. The average molecular weight is 420 g/mol. The van der Waals surface area contributed by atoms with Crippen molar-refractivity contribution in [2.45, 2.75) is 39.8 Å². The Balaban J connectivity index is 1.69. The molecule has 1 unspecified atom stereocenters. The van der Waals surface area contributed by atoms with Crippen molar-refractivity contribution in [1.82, 2.24) is 20.3 Å². The van der Waals surface area contributed by atoms with Gasteiger partial charge in [0.05, 0.1) is 35.3 Å². The molecule has 0 bridgehead atoms. The van der Waals surface area contributed by atoms with Gasteiger partial charge < -0.3 is 19.5 Å². The van der Waals surface area contributed by atoms with Crippen molar-refractivity contribution in [2.75, 3.05) is 6.61 Å². The molecule has 29 heavy (non-hydrogen) atoms. The highest BCUT2D eigenvalue weighted by Gasteiger charge is 2.17. The lowest BCUT2D eigenvalue weighted by Crippen LogP contribution is -2.41. The highest BCUT2D eigenvalue weighted by Crippen LogP contribution is 2.35. The number of fused-ring (bicyclic) bond motifs is 1. The third-order valence-electron chi connectivity index (χ3n) is 3.97. The predicted octanol–water partition coefficient (Wildman–Crippen LogP) is 3.71. The first kappa shape index (κ1) is 20.7. The number of carbonyl (C=O) groups is 1. The van der Waals surface area contributed by atoms with E-state index in [2.05, 4.69) is 20.3 Å². The molecule has 0 fully saturated rings. The summed E-state index contributed by atoms with van der Waals surface area (Å²) in [5, 5.41) is 3.15. The highest BCUT2D eigenvalue weighted by atomic mass is 32.1. The predicted molar refractivity (Wildman–Crippen MR) is 106 cm³/mol. The average Bonchev–Trinajstić information content (AvgIpc) is 3.09. The Morgan fingerprint density at radius 3 is 2.62 bits per heavy atom. The standard InChI is InChI=1S/C19H21FN4O4S/c1-5-26-19-24-13-6-7-14(17(20)18(13)29-19)28-16-9-21-15(8-22-16)27-11(3)10(2)23-12(4)25/h6-11H,5H2,1-4H3,(H,23,25)/t10?,11-/m0/s1. The molecule has 0 spiro atoms. The Kier molecular flexibility index (Phi) is 6.42. The van der Waals surface area contributed by atoms with Gasteiger partial charge in [-0.15, -0.1) is 0 Å². The summed E-state index contributed by atoms with van der Waals surface area (Å²) >= 11 is 1.11. The summed E-state index contributed by atoms with van der Waals surface area (Å²) in [4.78, 5) is 23.6. The van der Waals surface area contributed by atoms with Gasteiger partial charge in [-0.1, -0.05) is 11.3 Å². The molecule has 2 atom stereocenters. The third-order valence-corrected chi connectivity index (χ3v) is 4.95. The molecule has 1 aromatic carbocycles. The SMILES string of the molecule is CCOc1nc2ccc(Oc3cnc(O[C@@H](C)C(C)NC(C)=O)cn3)c(F)c2s1. The zero-order valence-electron chi connectivity index (χ0n) is 16.4. The van der Waals surface area contributed by atoms with E-state index in [1.807, 2.05) is 20.8 Å². The molecule has 3 rings (SSSR count). The van der Waals surface area contributed by atoms with Gasteiger partial charge in [0.15, 0.2) is 11.6 Å². The largest absolute Gasteiger partial charge is 0.471 e. The molecule has 0 aliphatic rings. The van der Waals surface area contributed by atoms with Gasteiger partial charge >= 0.3 is 0 Å². The summed E-state index contributed by atoms with van der Waals surface area (Å²) in [6, 6.07) is 2.94. The van der Waals surface area contributed by atoms with Gasteiger partial charge in [-0.25, -0.2) is 19.3 Å². The van der Waals surface area contributed by atoms with E-state index in [1.165, 1.54) is 25.4 Å². The number of rotatable bonds is 8. The van der Waals surface area contributed by atoms with Crippen LogP contribution in [-0.4, -0.2) is 39.6 Å². The summed E-state index contributed by atoms with van der Waals surface area (Å²) in [5.41, 5.74) is 0.500. The molecule has 3 aromatic rings. The van der Waals surface area contributed by atoms with E-state index in [1.54, 1.807) is 6.07 Å². The van der Waals surface area contributed by atoms with Crippen molar-refractivity contribution in [1.29, 1.82) is 0 Å². The Labute approximate surface area is 171 Å². The van der Waals surface area contributed by atoms with Gasteiger partial charge in [0.1, 0.15) is 6.10 Å². The summed E-state index contributed by atoms with van der Waals surface area (Å²) < 4.78 is 31.6. The van der Waals surface area contributed by atoms with Crippen LogP contribution in [0.3, 0.4) is 0 Å². The zero-order valence-corrected chi connectivity index (χ0v) is 17.2. The lowest BCUT2D eigenvalue weighted by atomic mass is 10.2. The highest BCUT2D eigenvalue weighted by molar-refractivity contribution is 7.20. The van der Waals surface area contributed by atoms with Crippen LogP contribution >= 0.6 is 11.3 Å². The minimum Gasteiger partial charge on any atom is -0.471 e. The second-order valence-electron chi connectivity index (χ2n) is 6.25. The maximum absolute atomic E-state index is 14.7. The fourth-order valence-electron chi connectivity index (χ4n) is 2.45. The number of ether oxygens (including phenoxy) is 3. The first-order valence-electron chi connectivity index (χ1n) is 9.02. The van der Waals surface area contributed by atoms with Crippen molar-refractivity contribution in [3.63, 3.8) is 0 Å². The Morgan fingerprint density at radius 2 is 1.97 bits per heavy atom. The van der Waals surface area contributed by atoms with Crippen LogP contribution in [0, 0.1) is 5.82 Å². The second-order valence-corrected chi connectivity index (χ2v) is 7.21. The van der Waals surface area contributed by atoms with Crippen LogP contribution < -0.4 is 19.5 Å². The summed E-state index contributed by atoms with van der Waals surface area (Å²) in [7, 11) is 0. The normalized spacial score (nSPS) is 13.0. The molecule has 154 valence electrons. The third kappa shape index (κ3) is 5.08. The number of nitrogens with one attached hydrogen (secondary N) is 1. The van der Waals surface area contributed by atoms with Crippen molar-refractivity contribution in [2.24, 2.45) is 0 Å². The number of nitrogens with zero attached hydrogens (tertiary/aromatic N) is 3. The number of halogens is 1. The van der Waals surface area contributed by atoms with Crippen LogP contribution in [0.15, 0.2) is 24.5 Å². The number of carbonyl (C=O) groups excluding carboxylic acids is 1. The van der Waals surface area contributed by atoms with Crippen molar-refractivity contribution in [3.05, 3.63) is 30.3 Å². The fourth-order valence-corrected chi connectivity index (χ4v) is 3.35. The number of amides is 1. The first-order valence-corrected chi connectivity index (χ1v) is 9.84. The minimum atomic E-state index is -0.536. The maximum Gasteiger partial charge on any atom is 0.274 e. The van der Waals surface area contributed by atoms with Crippen LogP contribution in [0.4, 0.5) is 4.39 Å². The lowest BCUT2D eigenvalue weighted by Gasteiger charge is -2.21. The van der Waals surface area contributed by atoms with E-state index in [4.69, 9.17) is 14.2 Å². The monoisotopic (exact) mass is 420 g/mol. The molecule has 1 N–H and O–H groups in total. The molecular weight excluding hydrogens is 399 g/mol. The lowest BCUT2D eigenvalue weighted by molar-refractivity contribution is -0.120. The van der Waals surface area contributed by atoms with E-state index in [-0.39, 0.29) is 35.6 Å². The minimum absolute atomic E-state index is 0.0137. The Bertz CT molecular complexity index is 996. The van der Waals surface area contributed by atoms with Gasteiger partial charge in [0.25, 0.3) is 5.19 Å². The van der Waals surface area contributed by atoms with Crippen LogP contribution in [0.2, 0.25) is 0 Å². The quantitative estimate of drug-likeness (QED) is 0.593. The summed E-state index contributed by atoms with van der Waals surface area (Å²) in [5.74, 6) is -0.281. The summed E-state index contributed by atoms with van der Waals surface area (Å²) in [6.45, 7) is 7.37. The van der Waals surface area contributed by atoms with E-state index < -0.39 is 5.82 Å². The summed E-state index contributed by atoms with van der Waals surface area (Å²) in [6.07, 6.45) is 2.40. The van der Waals surface area contributed by atoms with Crippen molar-refractivity contribution >= 4 is 27.5 Å². The Hall–Kier alpha value is -3.01. The van der Waals surface area contributed by atoms with Gasteiger partial charge in [-0.2, -0.15) is 0 Å². The molecule has 10 heteroatoms. The van der Waals surface area contributed by atoms with Crippen LogP contribution in [-0.2, 0) is 4.79 Å². The number of hydrogen-bond acceptors (Lipinski definition) is 8. The molecule has 0 aliphatic heterocycles. The second kappa shape index (κ2) is 8.99. The molecule has 0 radical (unpaired) electrons. The molecule has 0 saturated carbocycles.